The maximum atomic E-state index is 13.7. The second-order valence-corrected chi connectivity index (χ2v) is 11.1. The van der Waals surface area contributed by atoms with E-state index in [4.69, 9.17) is 4.74 Å². The number of benzene rings is 3. The number of hydrogen-bond acceptors (Lipinski definition) is 3. The number of rotatable bonds is 7. The van der Waals surface area contributed by atoms with Crippen LogP contribution in [-0.4, -0.2) is 35.1 Å². The van der Waals surface area contributed by atoms with Crippen molar-refractivity contribution in [2.24, 2.45) is 5.92 Å². The van der Waals surface area contributed by atoms with Crippen molar-refractivity contribution < 1.29 is 41.0 Å². The summed E-state index contributed by atoms with van der Waals surface area (Å²) in [5.74, 6) is -2.65. The maximum Gasteiger partial charge on any atom is 0.430 e. The van der Waals surface area contributed by atoms with Gasteiger partial charge >= 0.3 is 18.3 Å². The molecule has 1 N–H and O–H groups in total. The molecule has 3 aromatic rings. The van der Waals surface area contributed by atoms with E-state index in [1.54, 1.807) is 6.07 Å². The third-order valence-electron chi connectivity index (χ3n) is 6.60. The van der Waals surface area contributed by atoms with Gasteiger partial charge in [-0.1, -0.05) is 55.3 Å². The smallest absolute Gasteiger partial charge is 0.430 e. The Balaban J connectivity index is 1.72. The van der Waals surface area contributed by atoms with Gasteiger partial charge in [0.05, 0.1) is 16.5 Å². The van der Waals surface area contributed by atoms with Crippen LogP contribution in [-0.2, 0) is 15.6 Å². The van der Waals surface area contributed by atoms with Crippen molar-refractivity contribution in [2.45, 2.75) is 64.4 Å². The monoisotopic (exact) mass is 555 g/mol. The number of alkyl halides is 6. The van der Waals surface area contributed by atoms with E-state index >= 15 is 0 Å². The Kier molecular flexibility index (Phi) is 8.13. The summed E-state index contributed by atoms with van der Waals surface area (Å²) in [7, 11) is -0.719. The van der Waals surface area contributed by atoms with E-state index < -0.39 is 46.8 Å². The van der Waals surface area contributed by atoms with Gasteiger partial charge in [0, 0.05) is 6.07 Å². The number of esters is 1. The Morgan fingerprint density at radius 3 is 1.71 bits per heavy atom. The summed E-state index contributed by atoms with van der Waals surface area (Å²) < 4.78 is 87.4. The first-order valence-electron chi connectivity index (χ1n) is 11.9. The molecule has 1 fully saturated rings. The molecule has 0 aromatic heterocycles. The molecular weight excluding hydrogens is 530 g/mol. The van der Waals surface area contributed by atoms with Crippen LogP contribution in [0.5, 0.6) is 0 Å². The SMILES string of the molecule is O=C(OC(C1CCCC1)C(O)(C(F)(F)F)C(F)(F)F)c1cccc([S+](c2ccccc2)c2ccccc2)c1. The Bertz CT molecular complexity index is 1170. The Morgan fingerprint density at radius 2 is 1.24 bits per heavy atom. The summed E-state index contributed by atoms with van der Waals surface area (Å²) in [6.07, 6.45) is -14.4. The van der Waals surface area contributed by atoms with Crippen LogP contribution in [0.2, 0.25) is 0 Å². The third-order valence-corrected chi connectivity index (χ3v) is 8.81. The van der Waals surface area contributed by atoms with Gasteiger partial charge in [0.25, 0.3) is 5.60 Å². The van der Waals surface area contributed by atoms with Crippen LogP contribution in [0, 0.1) is 5.92 Å². The standard InChI is InChI=1S/C28H25F6O3S/c29-27(30,31)26(36,28(32,33)34)24(19-10-7-8-11-19)37-25(35)20-12-9-17-23(18-20)38(21-13-3-1-4-14-21)22-15-5-2-6-16-22/h1-6,9,12-19,24,36H,7-8,10-11H2/q+1. The fourth-order valence-corrected chi connectivity index (χ4v) is 6.86. The molecule has 38 heavy (non-hydrogen) atoms. The molecule has 0 aliphatic heterocycles. The zero-order valence-corrected chi connectivity index (χ0v) is 20.8. The van der Waals surface area contributed by atoms with E-state index in [1.165, 1.54) is 18.2 Å². The van der Waals surface area contributed by atoms with E-state index in [2.05, 4.69) is 0 Å². The molecule has 202 valence electrons. The largest absolute Gasteiger partial charge is 0.455 e. The summed E-state index contributed by atoms with van der Waals surface area (Å²) in [6, 6.07) is 24.6. The lowest BCUT2D eigenvalue weighted by Crippen LogP contribution is -2.66. The molecule has 0 bridgehead atoms. The number of carbonyl (C=O) groups excluding carboxylic acids is 1. The second-order valence-electron chi connectivity index (χ2n) is 9.09. The minimum Gasteiger partial charge on any atom is -0.455 e. The van der Waals surface area contributed by atoms with Crippen molar-refractivity contribution >= 4 is 16.9 Å². The van der Waals surface area contributed by atoms with Crippen LogP contribution in [0.1, 0.15) is 36.0 Å². The molecule has 1 unspecified atom stereocenters. The summed E-state index contributed by atoms with van der Waals surface area (Å²) in [5, 5.41) is 10.1. The zero-order chi connectivity index (χ0) is 27.6. The third kappa shape index (κ3) is 5.56. The summed E-state index contributed by atoms with van der Waals surface area (Å²) in [5.41, 5.74) is -5.40. The van der Waals surface area contributed by atoms with Crippen molar-refractivity contribution in [1.82, 2.24) is 0 Å². The molecule has 0 amide bonds. The highest BCUT2D eigenvalue weighted by Crippen LogP contribution is 2.50. The molecule has 1 atom stereocenters. The first-order chi connectivity index (χ1) is 17.9. The van der Waals surface area contributed by atoms with E-state index in [1.807, 2.05) is 60.7 Å². The van der Waals surface area contributed by atoms with Gasteiger partial charge < -0.3 is 9.84 Å². The van der Waals surface area contributed by atoms with Gasteiger partial charge in [0.1, 0.15) is 0 Å². The van der Waals surface area contributed by atoms with Crippen LogP contribution in [0.3, 0.4) is 0 Å². The first kappa shape index (κ1) is 28.0. The Hall–Kier alpha value is -2.98. The summed E-state index contributed by atoms with van der Waals surface area (Å²) in [4.78, 5) is 15.5. The van der Waals surface area contributed by atoms with Gasteiger partial charge in [-0.3, -0.25) is 0 Å². The molecule has 3 aromatic carbocycles. The highest BCUT2D eigenvalue weighted by molar-refractivity contribution is 7.97. The fourth-order valence-electron chi connectivity index (χ4n) is 4.72. The Morgan fingerprint density at radius 1 is 0.763 bits per heavy atom. The lowest BCUT2D eigenvalue weighted by molar-refractivity contribution is -0.394. The molecule has 0 spiro atoms. The van der Waals surface area contributed by atoms with Gasteiger partial charge in [-0.05, 0) is 55.2 Å². The molecule has 0 saturated heterocycles. The van der Waals surface area contributed by atoms with Crippen LogP contribution < -0.4 is 0 Å². The van der Waals surface area contributed by atoms with Crippen molar-refractivity contribution in [3.8, 4) is 0 Å². The minimum absolute atomic E-state index is 0.0298. The average Bonchev–Trinajstić information content (AvgIpc) is 3.42. The molecule has 1 aliphatic carbocycles. The highest BCUT2D eigenvalue weighted by atomic mass is 32.2. The minimum atomic E-state index is -6.10. The lowest BCUT2D eigenvalue weighted by atomic mass is 9.84. The maximum absolute atomic E-state index is 13.7. The molecule has 0 heterocycles. The van der Waals surface area contributed by atoms with Crippen LogP contribution in [0.4, 0.5) is 26.3 Å². The number of halogens is 6. The van der Waals surface area contributed by atoms with Crippen molar-refractivity contribution in [3.63, 3.8) is 0 Å². The van der Waals surface area contributed by atoms with Crippen molar-refractivity contribution in [1.29, 1.82) is 0 Å². The predicted octanol–water partition coefficient (Wildman–Crippen LogP) is 7.35. The molecule has 1 aliphatic rings. The van der Waals surface area contributed by atoms with Crippen LogP contribution in [0.15, 0.2) is 99.6 Å². The van der Waals surface area contributed by atoms with Gasteiger partial charge in [0.2, 0.25) is 0 Å². The quantitative estimate of drug-likeness (QED) is 0.188. The number of hydrogen-bond donors (Lipinski definition) is 1. The summed E-state index contributed by atoms with van der Waals surface area (Å²) in [6.45, 7) is 0. The first-order valence-corrected chi connectivity index (χ1v) is 13.2. The molecule has 3 nitrogen and oxygen atoms in total. The van der Waals surface area contributed by atoms with Gasteiger partial charge in [-0.15, -0.1) is 0 Å². The molecule has 4 rings (SSSR count). The molecular formula is C28H25F6O3S+. The molecule has 1 saturated carbocycles. The number of carbonyl (C=O) groups is 1. The highest BCUT2D eigenvalue weighted by Gasteiger charge is 2.76. The summed E-state index contributed by atoms with van der Waals surface area (Å²) >= 11 is 0. The van der Waals surface area contributed by atoms with E-state index in [0.29, 0.717) is 17.7 Å². The van der Waals surface area contributed by atoms with E-state index in [0.717, 1.165) is 9.79 Å². The fraction of sp³-hybridized carbons (Fsp3) is 0.321. The number of ether oxygens (including phenoxy) is 1. The molecule has 0 radical (unpaired) electrons. The second kappa shape index (κ2) is 11.0. The normalized spacial score (nSPS) is 16.0. The average molecular weight is 556 g/mol. The van der Waals surface area contributed by atoms with Gasteiger partial charge in [-0.2, -0.15) is 26.3 Å². The molecule has 10 heteroatoms. The van der Waals surface area contributed by atoms with Gasteiger partial charge in [0.15, 0.2) is 20.8 Å². The topological polar surface area (TPSA) is 46.5 Å². The number of aliphatic hydroxyl groups is 1. The zero-order valence-electron chi connectivity index (χ0n) is 20.0. The van der Waals surface area contributed by atoms with Crippen molar-refractivity contribution in [3.05, 3.63) is 90.5 Å². The van der Waals surface area contributed by atoms with E-state index in [9.17, 15) is 36.2 Å². The predicted molar refractivity (Wildman–Crippen MR) is 130 cm³/mol. The van der Waals surface area contributed by atoms with Crippen molar-refractivity contribution in [2.75, 3.05) is 0 Å². The Labute approximate surface area is 218 Å². The lowest BCUT2D eigenvalue weighted by Gasteiger charge is -2.40. The van der Waals surface area contributed by atoms with Crippen LogP contribution >= 0.6 is 0 Å². The van der Waals surface area contributed by atoms with E-state index in [-0.39, 0.29) is 18.4 Å². The van der Waals surface area contributed by atoms with Crippen LogP contribution in [0.25, 0.3) is 0 Å². The van der Waals surface area contributed by atoms with Gasteiger partial charge in [-0.25, -0.2) is 4.79 Å².